The van der Waals surface area contributed by atoms with Crippen LogP contribution in [0.15, 0.2) is 11.5 Å². The van der Waals surface area contributed by atoms with Crippen LogP contribution in [-0.2, 0) is 14.3 Å². The maximum Gasteiger partial charge on any atom is 0.315 e. The largest absolute Gasteiger partial charge is 0.465 e. The van der Waals surface area contributed by atoms with Gasteiger partial charge >= 0.3 is 5.97 Å². The summed E-state index contributed by atoms with van der Waals surface area (Å²) in [6.07, 6.45) is 0.954. The number of nitrogens with zero attached hydrogens (tertiary/aromatic N) is 1. The normalized spacial score (nSPS) is 18.5. The van der Waals surface area contributed by atoms with E-state index in [9.17, 15) is 14.9 Å². The molecule has 2 N–H and O–H groups in total. The monoisotopic (exact) mass is 333 g/mol. The first-order valence-corrected chi connectivity index (χ1v) is 8.34. The van der Waals surface area contributed by atoms with Gasteiger partial charge in [0.05, 0.1) is 29.6 Å². The summed E-state index contributed by atoms with van der Waals surface area (Å²) < 4.78 is 10.1. The van der Waals surface area contributed by atoms with Gasteiger partial charge in [-0.05, 0) is 13.3 Å². The minimum Gasteiger partial charge on any atom is -0.465 e. The molecule has 0 aromatic heterocycles. The van der Waals surface area contributed by atoms with E-state index < -0.39 is 4.92 Å². The van der Waals surface area contributed by atoms with E-state index in [-0.39, 0.29) is 23.2 Å². The first-order valence-electron chi connectivity index (χ1n) is 7.18. The van der Waals surface area contributed by atoms with E-state index in [1.165, 1.54) is 0 Å². The van der Waals surface area contributed by atoms with E-state index in [0.717, 1.165) is 24.8 Å². The summed E-state index contributed by atoms with van der Waals surface area (Å²) in [7, 11) is 1.63. The van der Waals surface area contributed by atoms with Crippen LogP contribution in [0.1, 0.15) is 13.3 Å². The summed E-state index contributed by atoms with van der Waals surface area (Å²) in [5.41, 5.74) is 0.0238. The molecular weight excluding hydrogens is 310 g/mol. The number of hydrogen-bond acceptors (Lipinski definition) is 8. The molecule has 0 spiro atoms. The summed E-state index contributed by atoms with van der Waals surface area (Å²) in [4.78, 5) is 22.0. The molecule has 0 radical (unpaired) electrons. The molecule has 1 saturated heterocycles. The highest BCUT2D eigenvalue weighted by atomic mass is 32.2. The number of rotatable bonds is 10. The molecule has 0 aromatic carbocycles. The highest BCUT2D eigenvalue weighted by Gasteiger charge is 2.21. The molecule has 9 heteroatoms. The molecule has 1 atom stereocenters. The minimum atomic E-state index is -0.428. The molecule has 0 aliphatic carbocycles. The Morgan fingerprint density at radius 2 is 2.27 bits per heavy atom. The third-order valence-electron chi connectivity index (χ3n) is 3.11. The molecule has 1 rings (SSSR count). The maximum absolute atomic E-state index is 11.3. The number of nitro groups is 1. The summed E-state index contributed by atoms with van der Waals surface area (Å²) in [5.74, 6) is 0.600. The molecule has 126 valence electrons. The Kier molecular flexibility index (Phi) is 8.68. The summed E-state index contributed by atoms with van der Waals surface area (Å²) >= 11 is 1.16. The fourth-order valence-corrected chi connectivity index (χ4v) is 2.77. The van der Waals surface area contributed by atoms with Crippen LogP contribution in [0.25, 0.3) is 0 Å². The zero-order valence-electron chi connectivity index (χ0n) is 12.9. The number of carbonyl (C=O) groups excluding carboxylic acids is 1. The molecular formula is C13H23N3O5S. The second-order valence-corrected chi connectivity index (χ2v) is 5.72. The fraction of sp³-hybridized carbons (Fsp3) is 0.769. The van der Waals surface area contributed by atoms with Gasteiger partial charge in [-0.15, -0.1) is 11.8 Å². The molecule has 8 nitrogen and oxygen atoms in total. The number of ether oxygens (including phenoxy) is 2. The van der Waals surface area contributed by atoms with Gasteiger partial charge in [0, 0.05) is 26.1 Å². The van der Waals surface area contributed by atoms with Crippen LogP contribution in [0.5, 0.6) is 0 Å². The summed E-state index contributed by atoms with van der Waals surface area (Å²) in [6, 6.07) is 0. The zero-order chi connectivity index (χ0) is 16.4. The van der Waals surface area contributed by atoms with Crippen molar-refractivity contribution in [2.24, 2.45) is 5.92 Å². The van der Waals surface area contributed by atoms with Crippen LogP contribution in [0, 0.1) is 16.0 Å². The third-order valence-corrected chi connectivity index (χ3v) is 4.03. The maximum atomic E-state index is 11.3. The Morgan fingerprint density at radius 3 is 2.82 bits per heavy atom. The molecule has 1 unspecified atom stereocenters. The van der Waals surface area contributed by atoms with Gasteiger partial charge in [-0.1, -0.05) is 0 Å². The van der Waals surface area contributed by atoms with E-state index in [1.54, 1.807) is 14.0 Å². The first-order chi connectivity index (χ1) is 10.6. The van der Waals surface area contributed by atoms with Gasteiger partial charge in [-0.3, -0.25) is 14.9 Å². The smallest absolute Gasteiger partial charge is 0.315 e. The number of hydrogen-bond donors (Lipinski definition) is 2. The average Bonchev–Trinajstić information content (AvgIpc) is 2.99. The van der Waals surface area contributed by atoms with Crippen LogP contribution in [0.3, 0.4) is 0 Å². The lowest BCUT2D eigenvalue weighted by molar-refractivity contribution is -0.425. The predicted octanol–water partition coefficient (Wildman–Crippen LogP) is 0.574. The van der Waals surface area contributed by atoms with Crippen molar-refractivity contribution in [3.63, 3.8) is 0 Å². The van der Waals surface area contributed by atoms with E-state index in [1.807, 2.05) is 0 Å². The average molecular weight is 333 g/mol. The molecule has 1 aliphatic rings. The SMILES string of the molecule is CCOC(=O)CSC/C(=C(/NC)NCC1CCOC1)[N+](=O)[O-]. The fourth-order valence-electron chi connectivity index (χ4n) is 1.98. The summed E-state index contributed by atoms with van der Waals surface area (Å²) in [6.45, 7) is 4.07. The molecule has 1 heterocycles. The quantitative estimate of drug-likeness (QED) is 0.340. The highest BCUT2D eigenvalue weighted by Crippen LogP contribution is 2.14. The molecule has 1 fully saturated rings. The first kappa shape index (κ1) is 18.6. The number of thioether (sulfide) groups is 1. The molecule has 0 amide bonds. The lowest BCUT2D eigenvalue weighted by Crippen LogP contribution is -2.32. The Hall–Kier alpha value is -1.48. The Bertz CT molecular complexity index is 410. The molecule has 1 aliphatic heterocycles. The minimum absolute atomic E-state index is 0.0238. The number of nitrogens with one attached hydrogen (secondary N) is 2. The highest BCUT2D eigenvalue weighted by molar-refractivity contribution is 8.00. The van der Waals surface area contributed by atoms with Crippen molar-refractivity contribution in [2.75, 3.05) is 44.9 Å². The molecule has 0 saturated carbocycles. The predicted molar refractivity (Wildman–Crippen MR) is 84.0 cm³/mol. The van der Waals surface area contributed by atoms with Gasteiger partial charge in [0.25, 0.3) is 5.70 Å². The summed E-state index contributed by atoms with van der Waals surface area (Å²) in [5, 5.41) is 17.1. The van der Waals surface area contributed by atoms with Crippen LogP contribution < -0.4 is 10.6 Å². The molecule has 0 bridgehead atoms. The lowest BCUT2D eigenvalue weighted by atomic mass is 10.1. The number of esters is 1. The molecule has 22 heavy (non-hydrogen) atoms. The Morgan fingerprint density at radius 1 is 1.50 bits per heavy atom. The second-order valence-electron chi connectivity index (χ2n) is 4.74. The van der Waals surface area contributed by atoms with Crippen molar-refractivity contribution in [3.05, 3.63) is 21.6 Å². The van der Waals surface area contributed by atoms with Gasteiger partial charge in [-0.25, -0.2) is 0 Å². The van der Waals surface area contributed by atoms with Crippen LogP contribution in [0.4, 0.5) is 0 Å². The van der Waals surface area contributed by atoms with Crippen molar-refractivity contribution >= 4 is 17.7 Å². The van der Waals surface area contributed by atoms with Crippen molar-refractivity contribution in [1.82, 2.24) is 10.6 Å². The van der Waals surface area contributed by atoms with E-state index in [0.29, 0.717) is 31.5 Å². The van der Waals surface area contributed by atoms with Gasteiger partial charge in [-0.2, -0.15) is 0 Å². The topological polar surface area (TPSA) is 103 Å². The van der Waals surface area contributed by atoms with Gasteiger partial charge < -0.3 is 20.1 Å². The number of carbonyl (C=O) groups is 1. The van der Waals surface area contributed by atoms with Crippen LogP contribution >= 0.6 is 11.8 Å². The van der Waals surface area contributed by atoms with Crippen molar-refractivity contribution in [1.29, 1.82) is 0 Å². The van der Waals surface area contributed by atoms with Crippen LogP contribution in [0.2, 0.25) is 0 Å². The zero-order valence-corrected chi connectivity index (χ0v) is 13.7. The van der Waals surface area contributed by atoms with E-state index in [2.05, 4.69) is 10.6 Å². The van der Waals surface area contributed by atoms with Gasteiger partial charge in [0.15, 0.2) is 5.82 Å². The van der Waals surface area contributed by atoms with Crippen molar-refractivity contribution < 1.29 is 19.2 Å². The van der Waals surface area contributed by atoms with E-state index in [4.69, 9.17) is 9.47 Å². The third kappa shape index (κ3) is 6.52. The Labute approximate surface area is 134 Å². The van der Waals surface area contributed by atoms with Gasteiger partial charge in [0.1, 0.15) is 0 Å². The lowest BCUT2D eigenvalue weighted by Gasteiger charge is -2.14. The van der Waals surface area contributed by atoms with E-state index >= 15 is 0 Å². The second kappa shape index (κ2) is 10.3. The standard InChI is InChI=1S/C13H23N3O5S/c1-3-21-12(17)9-22-8-11(16(18)19)13(14-2)15-6-10-4-5-20-7-10/h10,14-15H,3-9H2,1-2H3/b13-11+. The van der Waals surface area contributed by atoms with Gasteiger partial charge in [0.2, 0.25) is 0 Å². The van der Waals surface area contributed by atoms with Crippen molar-refractivity contribution in [3.8, 4) is 0 Å². The van der Waals surface area contributed by atoms with Crippen molar-refractivity contribution in [2.45, 2.75) is 13.3 Å². The van der Waals surface area contributed by atoms with Crippen LogP contribution in [-0.4, -0.2) is 55.8 Å². The molecule has 0 aromatic rings. The Balaban J connectivity index is 2.54.